The highest BCUT2D eigenvalue weighted by Crippen LogP contribution is 2.27. The summed E-state index contributed by atoms with van der Waals surface area (Å²) in [6, 6.07) is 17.0. The van der Waals surface area contributed by atoms with Gasteiger partial charge in [-0.3, -0.25) is 9.52 Å². The van der Waals surface area contributed by atoms with Crippen LogP contribution < -0.4 is 9.62 Å². The second-order valence-electron chi connectivity index (χ2n) is 8.13. The molecule has 2 aromatic carbocycles. The predicted octanol–water partition coefficient (Wildman–Crippen LogP) is 5.11. The SMILES string of the molecule is CN(C(=O)c1ncc(Cl)cc1NS(=O)(=O)c1ccc(C(C)(C)C)cc1)c1ccccc1. The Kier molecular flexibility index (Phi) is 6.38. The minimum atomic E-state index is -3.96. The number of hydrogen-bond acceptors (Lipinski definition) is 4. The number of halogens is 1. The van der Waals surface area contributed by atoms with Crippen LogP contribution in [0.5, 0.6) is 0 Å². The fraction of sp³-hybridized carbons (Fsp3) is 0.217. The second kappa shape index (κ2) is 8.69. The van der Waals surface area contributed by atoms with Gasteiger partial charge in [0.15, 0.2) is 5.69 Å². The third-order valence-electron chi connectivity index (χ3n) is 4.78. The zero-order valence-corrected chi connectivity index (χ0v) is 19.3. The number of para-hydroxylation sites is 1. The fourth-order valence-corrected chi connectivity index (χ4v) is 4.17. The van der Waals surface area contributed by atoms with Gasteiger partial charge in [0.1, 0.15) is 0 Å². The number of aromatic nitrogens is 1. The van der Waals surface area contributed by atoms with Crippen LogP contribution in [0.15, 0.2) is 71.8 Å². The first kappa shape index (κ1) is 22.8. The molecule has 0 saturated carbocycles. The Balaban J connectivity index is 1.94. The first-order chi connectivity index (χ1) is 14.5. The Labute approximate surface area is 187 Å². The van der Waals surface area contributed by atoms with Crippen molar-refractivity contribution in [2.75, 3.05) is 16.7 Å². The van der Waals surface area contributed by atoms with Crippen molar-refractivity contribution in [1.82, 2.24) is 4.98 Å². The van der Waals surface area contributed by atoms with Crippen LogP contribution in [0.25, 0.3) is 0 Å². The molecule has 0 aliphatic rings. The molecular formula is C23H24ClN3O3S. The van der Waals surface area contributed by atoms with Gasteiger partial charge in [0.25, 0.3) is 15.9 Å². The summed E-state index contributed by atoms with van der Waals surface area (Å²) in [6.07, 6.45) is 1.31. The van der Waals surface area contributed by atoms with Gasteiger partial charge in [0.05, 0.1) is 15.6 Å². The zero-order chi connectivity index (χ0) is 22.8. The average Bonchev–Trinajstić information content (AvgIpc) is 2.73. The van der Waals surface area contributed by atoms with Gasteiger partial charge < -0.3 is 4.90 Å². The number of amides is 1. The molecule has 1 amide bonds. The number of nitrogens with zero attached hydrogens (tertiary/aromatic N) is 2. The van der Waals surface area contributed by atoms with Gasteiger partial charge in [0, 0.05) is 18.9 Å². The van der Waals surface area contributed by atoms with Gasteiger partial charge in [-0.05, 0) is 41.3 Å². The summed E-state index contributed by atoms with van der Waals surface area (Å²) in [5.41, 5.74) is 1.52. The van der Waals surface area contributed by atoms with Gasteiger partial charge in [-0.2, -0.15) is 0 Å². The normalized spacial score (nSPS) is 11.8. The minimum absolute atomic E-state index is 0.0141. The van der Waals surface area contributed by atoms with Crippen molar-refractivity contribution >= 4 is 38.9 Å². The van der Waals surface area contributed by atoms with Gasteiger partial charge >= 0.3 is 0 Å². The van der Waals surface area contributed by atoms with Gasteiger partial charge in [-0.25, -0.2) is 13.4 Å². The lowest BCUT2D eigenvalue weighted by atomic mass is 9.87. The van der Waals surface area contributed by atoms with E-state index in [0.29, 0.717) is 5.69 Å². The number of benzene rings is 2. The van der Waals surface area contributed by atoms with Gasteiger partial charge in [-0.15, -0.1) is 0 Å². The molecule has 0 aliphatic heterocycles. The van der Waals surface area contributed by atoms with Gasteiger partial charge in [0.2, 0.25) is 0 Å². The molecule has 0 saturated heterocycles. The number of carbonyl (C=O) groups is 1. The number of nitrogens with one attached hydrogen (secondary N) is 1. The molecule has 162 valence electrons. The number of carbonyl (C=O) groups excluding carboxylic acids is 1. The molecule has 6 nitrogen and oxygen atoms in total. The van der Waals surface area contributed by atoms with Crippen LogP contribution in [0.3, 0.4) is 0 Å². The fourth-order valence-electron chi connectivity index (χ4n) is 2.95. The van der Waals surface area contributed by atoms with E-state index >= 15 is 0 Å². The molecule has 0 aliphatic carbocycles. The molecule has 1 N–H and O–H groups in total. The van der Waals surface area contributed by atoms with E-state index in [9.17, 15) is 13.2 Å². The van der Waals surface area contributed by atoms with Crippen molar-refractivity contribution in [2.24, 2.45) is 0 Å². The highest BCUT2D eigenvalue weighted by Gasteiger charge is 2.24. The summed E-state index contributed by atoms with van der Waals surface area (Å²) in [5, 5.41) is 0.208. The first-order valence-electron chi connectivity index (χ1n) is 9.61. The summed E-state index contributed by atoms with van der Waals surface area (Å²) < 4.78 is 28.4. The van der Waals surface area contributed by atoms with Crippen LogP contribution >= 0.6 is 11.6 Å². The second-order valence-corrected chi connectivity index (χ2v) is 10.2. The van der Waals surface area contributed by atoms with Crippen molar-refractivity contribution in [3.8, 4) is 0 Å². The molecule has 0 fully saturated rings. The highest BCUT2D eigenvalue weighted by molar-refractivity contribution is 7.92. The molecule has 0 atom stereocenters. The van der Waals surface area contributed by atoms with Crippen molar-refractivity contribution in [1.29, 1.82) is 0 Å². The van der Waals surface area contributed by atoms with Crippen LogP contribution in [0.1, 0.15) is 36.8 Å². The maximum absolute atomic E-state index is 13.0. The van der Waals surface area contributed by atoms with Crippen molar-refractivity contribution in [2.45, 2.75) is 31.1 Å². The predicted molar refractivity (Wildman–Crippen MR) is 124 cm³/mol. The lowest BCUT2D eigenvalue weighted by Gasteiger charge is -2.20. The van der Waals surface area contributed by atoms with E-state index in [2.05, 4.69) is 9.71 Å². The Morgan fingerprint density at radius 3 is 2.23 bits per heavy atom. The zero-order valence-electron chi connectivity index (χ0n) is 17.8. The van der Waals surface area contributed by atoms with E-state index in [1.807, 2.05) is 26.8 Å². The van der Waals surface area contributed by atoms with Crippen LogP contribution in [0, 0.1) is 0 Å². The number of hydrogen-bond donors (Lipinski definition) is 1. The molecule has 3 rings (SSSR count). The van der Waals surface area contributed by atoms with E-state index in [1.54, 1.807) is 55.6 Å². The Morgan fingerprint density at radius 2 is 1.65 bits per heavy atom. The topological polar surface area (TPSA) is 79.4 Å². The number of anilines is 2. The van der Waals surface area contributed by atoms with Crippen LogP contribution in [0.2, 0.25) is 5.02 Å². The lowest BCUT2D eigenvalue weighted by Crippen LogP contribution is -2.28. The highest BCUT2D eigenvalue weighted by atomic mass is 35.5. The third-order valence-corrected chi connectivity index (χ3v) is 6.37. The van der Waals surface area contributed by atoms with Crippen molar-refractivity contribution in [3.05, 3.63) is 83.1 Å². The molecule has 1 aromatic heterocycles. The first-order valence-corrected chi connectivity index (χ1v) is 11.5. The molecular weight excluding hydrogens is 434 g/mol. The average molecular weight is 458 g/mol. The summed E-state index contributed by atoms with van der Waals surface area (Å²) in [6.45, 7) is 6.15. The molecule has 0 radical (unpaired) electrons. The Hall–Kier alpha value is -2.90. The molecule has 8 heteroatoms. The van der Waals surface area contributed by atoms with E-state index in [4.69, 9.17) is 11.6 Å². The van der Waals surface area contributed by atoms with E-state index in [1.165, 1.54) is 17.2 Å². The van der Waals surface area contributed by atoms with E-state index in [-0.39, 0.29) is 26.7 Å². The van der Waals surface area contributed by atoms with Crippen molar-refractivity contribution in [3.63, 3.8) is 0 Å². The van der Waals surface area contributed by atoms with Crippen LogP contribution in [0.4, 0.5) is 11.4 Å². The number of rotatable bonds is 5. The molecule has 1 heterocycles. The summed E-state index contributed by atoms with van der Waals surface area (Å²) >= 11 is 6.04. The quantitative estimate of drug-likeness (QED) is 0.577. The maximum Gasteiger partial charge on any atom is 0.278 e. The minimum Gasteiger partial charge on any atom is -0.310 e. The van der Waals surface area contributed by atoms with Crippen LogP contribution in [-0.4, -0.2) is 26.4 Å². The molecule has 3 aromatic rings. The molecule has 0 unspecified atom stereocenters. The number of pyridine rings is 1. The largest absolute Gasteiger partial charge is 0.310 e. The standard InChI is InChI=1S/C23H24ClN3O3S/c1-23(2,3)16-10-12-19(13-11-16)31(29,30)26-20-14-17(24)15-25-21(20)22(28)27(4)18-8-6-5-7-9-18/h5-15,26H,1-4H3. The Morgan fingerprint density at radius 1 is 1.03 bits per heavy atom. The third kappa shape index (κ3) is 5.24. The smallest absolute Gasteiger partial charge is 0.278 e. The van der Waals surface area contributed by atoms with E-state index in [0.717, 1.165) is 5.56 Å². The summed E-state index contributed by atoms with van der Waals surface area (Å²) in [4.78, 5) is 18.6. The Bertz CT molecular complexity index is 1190. The van der Waals surface area contributed by atoms with Crippen molar-refractivity contribution < 1.29 is 13.2 Å². The summed E-state index contributed by atoms with van der Waals surface area (Å²) in [5.74, 6) is -0.469. The molecule has 0 spiro atoms. The number of sulfonamides is 1. The van der Waals surface area contributed by atoms with Gasteiger partial charge in [-0.1, -0.05) is 62.7 Å². The van der Waals surface area contributed by atoms with E-state index < -0.39 is 15.9 Å². The monoisotopic (exact) mass is 457 g/mol. The maximum atomic E-state index is 13.0. The lowest BCUT2D eigenvalue weighted by molar-refractivity contribution is 0.0989. The van der Waals surface area contributed by atoms with Crippen LogP contribution in [-0.2, 0) is 15.4 Å². The summed E-state index contributed by atoms with van der Waals surface area (Å²) in [7, 11) is -2.36. The molecule has 31 heavy (non-hydrogen) atoms. The molecule has 0 bridgehead atoms.